The van der Waals surface area contributed by atoms with E-state index in [1.807, 2.05) is 32.0 Å². The summed E-state index contributed by atoms with van der Waals surface area (Å²) in [4.78, 5) is 21.3. The molecule has 3 rings (SSSR count). The van der Waals surface area contributed by atoms with Gasteiger partial charge in [-0.25, -0.2) is 17.9 Å². The maximum atomic E-state index is 12.9. The fourth-order valence-electron chi connectivity index (χ4n) is 3.37. The van der Waals surface area contributed by atoms with Crippen molar-refractivity contribution in [3.8, 4) is 5.75 Å². The number of carbonyl (C=O) groups excluding carboxylic acids is 1. The van der Waals surface area contributed by atoms with Gasteiger partial charge in [0.25, 0.3) is 0 Å². The van der Waals surface area contributed by atoms with E-state index in [1.54, 1.807) is 31.2 Å². The Bertz CT molecular complexity index is 969. The van der Waals surface area contributed by atoms with E-state index >= 15 is 0 Å². The van der Waals surface area contributed by atoms with Crippen LogP contribution >= 0.6 is 0 Å². The van der Waals surface area contributed by atoms with Crippen molar-refractivity contribution in [3.05, 3.63) is 59.2 Å². The van der Waals surface area contributed by atoms with Gasteiger partial charge in [0.1, 0.15) is 0 Å². The van der Waals surface area contributed by atoms with Crippen LogP contribution in [0.15, 0.2) is 47.4 Å². The molecule has 6 nitrogen and oxygen atoms in total. The summed E-state index contributed by atoms with van der Waals surface area (Å²) in [6, 6.07) is 12.2. The molecule has 0 saturated carbocycles. The molecule has 1 N–H and O–H groups in total. The quantitative estimate of drug-likeness (QED) is 0.565. The molecule has 0 aliphatic heterocycles. The molecular weight excluding hydrogens is 378 g/mol. The van der Waals surface area contributed by atoms with Gasteiger partial charge in [-0.3, -0.25) is 9.78 Å². The Morgan fingerprint density at radius 2 is 1.86 bits per heavy atom. The van der Waals surface area contributed by atoms with Crippen LogP contribution in [-0.2, 0) is 32.5 Å². The van der Waals surface area contributed by atoms with Crippen molar-refractivity contribution < 1.29 is 23.0 Å². The average molecular weight is 404 g/mol. The number of rotatable bonds is 7. The number of benzene rings is 2. The van der Waals surface area contributed by atoms with Crippen LogP contribution in [-0.4, -0.2) is 20.4 Å². The fourth-order valence-corrected chi connectivity index (χ4v) is 4.97. The first-order chi connectivity index (χ1) is 13.3. The van der Waals surface area contributed by atoms with Gasteiger partial charge >= 0.3 is 5.97 Å². The van der Waals surface area contributed by atoms with Crippen LogP contribution < -0.4 is 9.61 Å². The molecular formula is C21H25NO5S. The van der Waals surface area contributed by atoms with Gasteiger partial charge < -0.3 is 0 Å². The molecule has 7 heteroatoms. The van der Waals surface area contributed by atoms with Crippen molar-refractivity contribution in [2.45, 2.75) is 56.9 Å². The van der Waals surface area contributed by atoms with E-state index < -0.39 is 16.0 Å². The minimum atomic E-state index is -3.62. The second kappa shape index (κ2) is 8.32. The Labute approximate surface area is 165 Å². The van der Waals surface area contributed by atoms with Gasteiger partial charge in [-0.05, 0) is 53.6 Å². The van der Waals surface area contributed by atoms with Gasteiger partial charge in [0.15, 0.2) is 5.75 Å². The molecule has 2 aromatic carbocycles. The summed E-state index contributed by atoms with van der Waals surface area (Å²) in [5.74, 6) is 0.0863. The zero-order chi connectivity index (χ0) is 20.3. The van der Waals surface area contributed by atoms with Crippen molar-refractivity contribution in [2.24, 2.45) is 0 Å². The van der Waals surface area contributed by atoms with Gasteiger partial charge in [-0.15, -0.1) is 0 Å². The highest BCUT2D eigenvalue weighted by atomic mass is 32.2. The van der Waals surface area contributed by atoms with Crippen molar-refractivity contribution in [1.82, 2.24) is 4.72 Å². The fraction of sp³-hybridized carbons (Fsp3) is 0.381. The van der Waals surface area contributed by atoms with Gasteiger partial charge in [-0.1, -0.05) is 45.0 Å². The van der Waals surface area contributed by atoms with E-state index in [0.29, 0.717) is 23.5 Å². The van der Waals surface area contributed by atoms with Gasteiger partial charge in [-0.2, -0.15) is 0 Å². The highest BCUT2D eigenvalue weighted by Gasteiger charge is 2.28. The molecule has 0 aromatic heterocycles. The van der Waals surface area contributed by atoms with Crippen LogP contribution in [0, 0.1) is 0 Å². The molecule has 1 aliphatic rings. The lowest BCUT2D eigenvalue weighted by Crippen LogP contribution is -2.35. The van der Waals surface area contributed by atoms with Crippen molar-refractivity contribution in [3.63, 3.8) is 0 Å². The summed E-state index contributed by atoms with van der Waals surface area (Å²) in [6.07, 6.45) is 1.39. The van der Waals surface area contributed by atoms with Crippen molar-refractivity contribution in [1.29, 1.82) is 0 Å². The van der Waals surface area contributed by atoms with E-state index in [2.05, 4.69) is 9.61 Å². The summed E-state index contributed by atoms with van der Waals surface area (Å²) >= 11 is 0. The van der Waals surface area contributed by atoms with E-state index in [0.717, 1.165) is 16.7 Å². The molecule has 0 saturated heterocycles. The Balaban J connectivity index is 1.72. The van der Waals surface area contributed by atoms with Gasteiger partial charge in [0, 0.05) is 12.5 Å². The monoisotopic (exact) mass is 403 g/mol. The minimum absolute atomic E-state index is 0.110. The Morgan fingerprint density at radius 3 is 2.57 bits per heavy atom. The Hall–Kier alpha value is -2.38. The van der Waals surface area contributed by atoms with Crippen LogP contribution in [0.3, 0.4) is 0 Å². The number of carbonyl (C=O) groups is 1. The third-order valence-electron chi connectivity index (χ3n) is 4.78. The van der Waals surface area contributed by atoms with Gasteiger partial charge in [0.05, 0.1) is 4.90 Å². The van der Waals surface area contributed by atoms with Crippen LogP contribution in [0.2, 0.25) is 0 Å². The maximum absolute atomic E-state index is 12.9. The van der Waals surface area contributed by atoms with E-state index in [1.165, 1.54) is 0 Å². The van der Waals surface area contributed by atoms with Crippen molar-refractivity contribution >= 4 is 16.0 Å². The molecule has 0 radical (unpaired) electrons. The zero-order valence-corrected chi connectivity index (χ0v) is 17.1. The lowest BCUT2D eigenvalue weighted by molar-refractivity contribution is -0.213. The summed E-state index contributed by atoms with van der Waals surface area (Å²) in [7, 11) is -3.62. The summed E-state index contributed by atoms with van der Waals surface area (Å²) < 4.78 is 28.7. The van der Waals surface area contributed by atoms with Crippen LogP contribution in [0.25, 0.3) is 0 Å². The molecule has 1 unspecified atom stereocenters. The lowest BCUT2D eigenvalue weighted by atomic mass is 10.0. The first-order valence-electron chi connectivity index (χ1n) is 9.40. The smallest absolute Gasteiger partial charge is 0.287 e. The first-order valence-corrected chi connectivity index (χ1v) is 10.9. The highest BCUT2D eigenvalue weighted by molar-refractivity contribution is 7.89. The first kappa shape index (κ1) is 20.4. The average Bonchev–Trinajstić information content (AvgIpc) is 3.06. The molecule has 1 atom stereocenters. The van der Waals surface area contributed by atoms with Crippen LogP contribution in [0.1, 0.15) is 49.8 Å². The van der Waals surface area contributed by atoms with E-state index in [4.69, 9.17) is 4.89 Å². The van der Waals surface area contributed by atoms with Crippen LogP contribution in [0.4, 0.5) is 0 Å². The number of fused-ring (bicyclic) bond motifs is 1. The normalized spacial score (nSPS) is 16.1. The predicted octanol–water partition coefficient (Wildman–Crippen LogP) is 3.50. The topological polar surface area (TPSA) is 81.7 Å². The predicted molar refractivity (Wildman–Crippen MR) is 106 cm³/mol. The summed E-state index contributed by atoms with van der Waals surface area (Å²) in [5.41, 5.74) is 2.84. The summed E-state index contributed by atoms with van der Waals surface area (Å²) in [6.45, 7) is 5.64. The molecule has 0 amide bonds. The SMILES string of the molecule is CCC(=O)OOc1ccc2c(c1)CC(NS(=O)(=O)c1ccccc1C(C)C)C2. The number of nitrogens with one attached hydrogen (secondary N) is 1. The third kappa shape index (κ3) is 4.54. The molecule has 0 bridgehead atoms. The van der Waals surface area contributed by atoms with Gasteiger partial charge in [0.2, 0.25) is 10.0 Å². The molecule has 0 fully saturated rings. The molecule has 150 valence electrons. The van der Waals surface area contributed by atoms with Crippen molar-refractivity contribution in [2.75, 3.05) is 0 Å². The Morgan fingerprint density at radius 1 is 1.14 bits per heavy atom. The van der Waals surface area contributed by atoms with E-state index in [9.17, 15) is 13.2 Å². The zero-order valence-electron chi connectivity index (χ0n) is 16.3. The number of sulfonamides is 1. The second-order valence-electron chi connectivity index (χ2n) is 7.24. The molecule has 28 heavy (non-hydrogen) atoms. The molecule has 0 spiro atoms. The third-order valence-corrected chi connectivity index (χ3v) is 6.38. The number of hydrogen-bond acceptors (Lipinski definition) is 5. The molecule has 2 aromatic rings. The summed E-state index contributed by atoms with van der Waals surface area (Å²) in [5, 5.41) is 0. The largest absolute Gasteiger partial charge is 0.355 e. The molecule has 0 heterocycles. The second-order valence-corrected chi connectivity index (χ2v) is 8.92. The van der Waals surface area contributed by atoms with E-state index in [-0.39, 0.29) is 18.4 Å². The maximum Gasteiger partial charge on any atom is 0.355 e. The number of hydrogen-bond donors (Lipinski definition) is 1. The lowest BCUT2D eigenvalue weighted by Gasteiger charge is -2.17. The Kier molecular flexibility index (Phi) is 6.05. The van der Waals surface area contributed by atoms with Crippen LogP contribution in [0.5, 0.6) is 5.75 Å². The highest BCUT2D eigenvalue weighted by Crippen LogP contribution is 2.29. The minimum Gasteiger partial charge on any atom is -0.287 e. The standard InChI is InChI=1S/C21H25NO5S/c1-4-21(23)27-26-18-10-9-15-11-17(12-16(15)13-18)22-28(24,25)20-8-6-5-7-19(20)14(2)3/h5-10,13-14,17,22H,4,11-12H2,1-3H3. The molecule has 1 aliphatic carbocycles.